The summed E-state index contributed by atoms with van der Waals surface area (Å²) in [6, 6.07) is 0. The summed E-state index contributed by atoms with van der Waals surface area (Å²) in [4.78, 5) is 14.7. The molecule has 0 bridgehead atoms. The Bertz CT molecular complexity index is 324. The quantitative estimate of drug-likeness (QED) is 0.712. The van der Waals surface area contributed by atoms with Crippen LogP contribution in [-0.2, 0) is 6.54 Å². The van der Waals surface area contributed by atoms with Gasteiger partial charge >= 0.3 is 0 Å². The van der Waals surface area contributed by atoms with Crippen molar-refractivity contribution in [1.82, 2.24) is 9.55 Å². The molecule has 3 heteroatoms. The van der Waals surface area contributed by atoms with E-state index in [0.29, 0.717) is 5.69 Å². The number of hydrogen-bond donors (Lipinski definition) is 0. The third kappa shape index (κ3) is 2.46. The highest BCUT2D eigenvalue weighted by molar-refractivity contribution is 5.71. The molecule has 1 fully saturated rings. The number of carbonyl (C=O) groups excluding carboxylic acids is 1. The molecule has 1 saturated carbocycles. The molecule has 1 aliphatic rings. The van der Waals surface area contributed by atoms with Crippen LogP contribution in [0.1, 0.15) is 43.1 Å². The minimum absolute atomic E-state index is 0.702. The van der Waals surface area contributed by atoms with Crippen LogP contribution in [0.5, 0.6) is 0 Å². The summed E-state index contributed by atoms with van der Waals surface area (Å²) in [5.74, 6) is 1.61. The normalized spacial score (nSPS) is 26.5. The fourth-order valence-electron chi connectivity index (χ4n) is 2.37. The van der Waals surface area contributed by atoms with Crippen LogP contribution in [0.2, 0.25) is 0 Å². The lowest BCUT2D eigenvalue weighted by Gasteiger charge is -2.26. The van der Waals surface area contributed by atoms with Gasteiger partial charge in [-0.3, -0.25) is 4.79 Å². The summed E-state index contributed by atoms with van der Waals surface area (Å²) in [6.45, 7) is 3.28. The Morgan fingerprint density at radius 1 is 1.47 bits per heavy atom. The van der Waals surface area contributed by atoms with Crippen molar-refractivity contribution < 1.29 is 4.79 Å². The van der Waals surface area contributed by atoms with E-state index in [1.165, 1.54) is 25.7 Å². The number of carbonyl (C=O) groups is 1. The number of aldehydes is 1. The van der Waals surface area contributed by atoms with Gasteiger partial charge in [0.25, 0.3) is 0 Å². The Balaban J connectivity index is 1.94. The molecule has 0 atom stereocenters. The maximum atomic E-state index is 10.7. The van der Waals surface area contributed by atoms with Crippen LogP contribution in [0.4, 0.5) is 0 Å². The first-order valence-corrected chi connectivity index (χ1v) is 5.75. The van der Waals surface area contributed by atoms with Crippen molar-refractivity contribution in [2.24, 2.45) is 11.8 Å². The number of rotatable bonds is 3. The maximum Gasteiger partial charge on any atom is 0.168 e. The van der Waals surface area contributed by atoms with Crippen molar-refractivity contribution in [2.75, 3.05) is 0 Å². The predicted molar refractivity (Wildman–Crippen MR) is 58.7 cm³/mol. The minimum atomic E-state index is 0.702. The van der Waals surface area contributed by atoms with Gasteiger partial charge in [-0.05, 0) is 24.7 Å². The van der Waals surface area contributed by atoms with E-state index >= 15 is 0 Å². The maximum absolute atomic E-state index is 10.7. The van der Waals surface area contributed by atoms with Crippen LogP contribution in [0, 0.1) is 11.8 Å². The molecule has 0 amide bonds. The van der Waals surface area contributed by atoms with E-state index < -0.39 is 0 Å². The van der Waals surface area contributed by atoms with E-state index in [-0.39, 0.29) is 0 Å². The zero-order valence-corrected chi connectivity index (χ0v) is 9.22. The lowest BCUT2D eigenvalue weighted by molar-refractivity contribution is 0.111. The molecule has 0 unspecified atom stereocenters. The molecule has 1 aliphatic carbocycles. The Morgan fingerprint density at radius 3 is 2.87 bits per heavy atom. The standard InChI is InChI=1S/C12H18N2O/c1-10-2-4-11(5-3-10)7-14-9-13-6-12(14)8-15/h6,8-11H,2-5,7H2,1H3. The molecule has 0 aliphatic heterocycles. The summed E-state index contributed by atoms with van der Waals surface area (Å²) in [6.07, 6.45) is 9.53. The van der Waals surface area contributed by atoms with Crippen LogP contribution in [-0.4, -0.2) is 15.8 Å². The van der Waals surface area contributed by atoms with Crippen molar-refractivity contribution in [3.05, 3.63) is 18.2 Å². The van der Waals surface area contributed by atoms with E-state index in [1.807, 2.05) is 4.57 Å². The van der Waals surface area contributed by atoms with Crippen LogP contribution in [0.25, 0.3) is 0 Å². The Kier molecular flexibility index (Phi) is 3.19. The Morgan fingerprint density at radius 2 is 2.20 bits per heavy atom. The lowest BCUT2D eigenvalue weighted by Crippen LogP contribution is -2.18. The van der Waals surface area contributed by atoms with E-state index in [9.17, 15) is 4.79 Å². The van der Waals surface area contributed by atoms with Gasteiger partial charge in [0.1, 0.15) is 5.69 Å². The molecule has 1 aromatic heterocycles. The van der Waals surface area contributed by atoms with Gasteiger partial charge in [0.15, 0.2) is 6.29 Å². The van der Waals surface area contributed by atoms with Gasteiger partial charge in [-0.2, -0.15) is 0 Å². The van der Waals surface area contributed by atoms with Crippen molar-refractivity contribution in [3.8, 4) is 0 Å². The summed E-state index contributed by atoms with van der Waals surface area (Å²) in [5.41, 5.74) is 0.702. The topological polar surface area (TPSA) is 34.9 Å². The molecule has 0 spiro atoms. The second-order valence-corrected chi connectivity index (χ2v) is 4.71. The molecule has 1 heterocycles. The molecule has 82 valence electrons. The smallest absolute Gasteiger partial charge is 0.168 e. The molecular formula is C12H18N2O. The highest BCUT2D eigenvalue weighted by Gasteiger charge is 2.19. The van der Waals surface area contributed by atoms with Crippen LogP contribution in [0.15, 0.2) is 12.5 Å². The fraction of sp³-hybridized carbons (Fsp3) is 0.667. The first-order valence-electron chi connectivity index (χ1n) is 5.75. The van der Waals surface area contributed by atoms with Gasteiger partial charge < -0.3 is 4.57 Å². The van der Waals surface area contributed by atoms with Crippen LogP contribution in [0.3, 0.4) is 0 Å². The SMILES string of the molecule is CC1CCC(Cn2cncc2C=O)CC1. The zero-order chi connectivity index (χ0) is 10.7. The number of hydrogen-bond acceptors (Lipinski definition) is 2. The van der Waals surface area contributed by atoms with Gasteiger partial charge in [0, 0.05) is 6.54 Å². The molecule has 0 aromatic carbocycles. The summed E-state index contributed by atoms with van der Waals surface area (Å²) in [7, 11) is 0. The van der Waals surface area contributed by atoms with Gasteiger partial charge in [-0.25, -0.2) is 4.98 Å². The third-order valence-electron chi connectivity index (χ3n) is 3.46. The number of imidazole rings is 1. The van der Waals surface area contributed by atoms with Gasteiger partial charge in [-0.1, -0.05) is 19.8 Å². The predicted octanol–water partition coefficient (Wildman–Crippen LogP) is 2.52. The van der Waals surface area contributed by atoms with Crippen molar-refractivity contribution >= 4 is 6.29 Å². The van der Waals surface area contributed by atoms with E-state index in [2.05, 4.69) is 11.9 Å². The molecule has 3 nitrogen and oxygen atoms in total. The van der Waals surface area contributed by atoms with E-state index in [0.717, 1.165) is 24.7 Å². The second-order valence-electron chi connectivity index (χ2n) is 4.71. The molecule has 0 radical (unpaired) electrons. The molecular weight excluding hydrogens is 188 g/mol. The second kappa shape index (κ2) is 4.60. The van der Waals surface area contributed by atoms with Crippen molar-refractivity contribution in [2.45, 2.75) is 39.2 Å². The molecule has 0 N–H and O–H groups in total. The van der Waals surface area contributed by atoms with Gasteiger partial charge in [-0.15, -0.1) is 0 Å². The zero-order valence-electron chi connectivity index (χ0n) is 9.22. The first kappa shape index (κ1) is 10.4. The summed E-state index contributed by atoms with van der Waals surface area (Å²) >= 11 is 0. The lowest BCUT2D eigenvalue weighted by atomic mass is 9.83. The molecule has 2 rings (SSSR count). The van der Waals surface area contributed by atoms with Gasteiger partial charge in [0.2, 0.25) is 0 Å². The van der Waals surface area contributed by atoms with Crippen molar-refractivity contribution in [1.29, 1.82) is 0 Å². The number of nitrogens with zero attached hydrogens (tertiary/aromatic N) is 2. The first-order chi connectivity index (χ1) is 7.29. The average molecular weight is 206 g/mol. The molecule has 1 aromatic rings. The Labute approximate surface area is 90.5 Å². The Hall–Kier alpha value is -1.12. The fourth-order valence-corrected chi connectivity index (χ4v) is 2.37. The van der Waals surface area contributed by atoms with E-state index in [1.54, 1.807) is 12.5 Å². The van der Waals surface area contributed by atoms with Crippen LogP contribution < -0.4 is 0 Å². The molecule has 0 saturated heterocycles. The van der Waals surface area contributed by atoms with E-state index in [4.69, 9.17) is 0 Å². The largest absolute Gasteiger partial charge is 0.328 e. The summed E-state index contributed by atoms with van der Waals surface area (Å²) < 4.78 is 1.98. The summed E-state index contributed by atoms with van der Waals surface area (Å²) in [5, 5.41) is 0. The third-order valence-corrected chi connectivity index (χ3v) is 3.46. The minimum Gasteiger partial charge on any atom is -0.328 e. The van der Waals surface area contributed by atoms with Gasteiger partial charge in [0.05, 0.1) is 12.5 Å². The van der Waals surface area contributed by atoms with Crippen molar-refractivity contribution in [3.63, 3.8) is 0 Å². The highest BCUT2D eigenvalue weighted by Crippen LogP contribution is 2.29. The molecule has 15 heavy (non-hydrogen) atoms. The highest BCUT2D eigenvalue weighted by atomic mass is 16.1. The van der Waals surface area contributed by atoms with Crippen LogP contribution >= 0.6 is 0 Å². The average Bonchev–Trinajstić information content (AvgIpc) is 2.69. The monoisotopic (exact) mass is 206 g/mol. The number of aromatic nitrogens is 2.